The molecule has 0 radical (unpaired) electrons. The van der Waals surface area contributed by atoms with Crippen LogP contribution in [0.1, 0.15) is 0 Å². The number of aromatic nitrogens is 1. The molecule has 8 heteroatoms. The first-order chi connectivity index (χ1) is 48.6. The highest BCUT2D eigenvalue weighted by Crippen LogP contribution is 2.54. The lowest BCUT2D eigenvalue weighted by Gasteiger charge is -2.44. The van der Waals surface area contributed by atoms with Gasteiger partial charge in [-0.2, -0.15) is 0 Å². The van der Waals surface area contributed by atoms with Crippen LogP contribution < -0.4 is 26.2 Å². The van der Waals surface area contributed by atoms with Crippen molar-refractivity contribution >= 4 is 186 Å². The molecule has 98 heavy (non-hydrogen) atoms. The standard InChI is InChI=1S/C90H52BN3O2S2/c1-5-19-53(20-6-1)57-35-39-72-64(43-57)65-44-58(54-21-7-2-8-22-54)36-40-73(65)92(72)61-47-78-90-79(48-61)94(75-30-18-34-87-89(75)63-28-14-16-32-85(63)98-87)77-50-69-67-46-60(56-25-11-4-12-26-56)38-42-81(67)96-83(69)52-71(77)91(90)70-51-82-68(66-45-59(37-41-80(66)95-82)55-23-9-3-10-24-55)49-76(70)93(78)74-29-17-33-86-88(74)62-27-13-15-31-84(62)97-86/h1-52H. The van der Waals surface area contributed by atoms with Crippen LogP contribution in [0, 0.1) is 0 Å². The van der Waals surface area contributed by atoms with Gasteiger partial charge < -0.3 is 23.2 Å². The van der Waals surface area contributed by atoms with Crippen LogP contribution in [0.15, 0.2) is 324 Å². The zero-order valence-electron chi connectivity index (χ0n) is 52.6. The van der Waals surface area contributed by atoms with E-state index >= 15 is 0 Å². The average molecular weight is 1280 g/mol. The van der Waals surface area contributed by atoms with Crippen molar-refractivity contribution in [3.63, 3.8) is 0 Å². The molecule has 15 aromatic carbocycles. The van der Waals surface area contributed by atoms with Crippen LogP contribution in [0.25, 0.3) is 156 Å². The smallest absolute Gasteiger partial charge is 0.252 e. The van der Waals surface area contributed by atoms with Gasteiger partial charge in [0.25, 0.3) is 6.71 Å². The molecule has 7 heterocycles. The third kappa shape index (κ3) is 7.89. The monoisotopic (exact) mass is 1280 g/mol. The predicted octanol–water partition coefficient (Wildman–Crippen LogP) is 24.1. The second kappa shape index (κ2) is 20.7. The average Bonchev–Trinajstić information content (AvgIpc) is 0.997. The number of fused-ring (bicyclic) bond motifs is 19. The highest BCUT2D eigenvalue weighted by atomic mass is 32.1. The molecule has 454 valence electrons. The summed E-state index contributed by atoms with van der Waals surface area (Å²) in [5, 5.41) is 11.5. The topological polar surface area (TPSA) is 37.7 Å². The van der Waals surface area contributed by atoms with E-state index in [2.05, 4.69) is 330 Å². The van der Waals surface area contributed by atoms with E-state index < -0.39 is 0 Å². The van der Waals surface area contributed by atoms with E-state index in [-0.39, 0.29) is 6.71 Å². The molecular weight excluding hydrogens is 1230 g/mol. The summed E-state index contributed by atoms with van der Waals surface area (Å²) >= 11 is 3.72. The molecule has 0 aliphatic carbocycles. The summed E-state index contributed by atoms with van der Waals surface area (Å²) in [7, 11) is 0. The zero-order chi connectivity index (χ0) is 63.8. The Morgan fingerprint density at radius 3 is 1.04 bits per heavy atom. The summed E-state index contributed by atoms with van der Waals surface area (Å²) in [4.78, 5) is 5.27. The van der Waals surface area contributed by atoms with Gasteiger partial charge in [-0.15, -0.1) is 22.7 Å². The Bertz CT molecular complexity index is 6360. The van der Waals surface area contributed by atoms with Gasteiger partial charge in [0.15, 0.2) is 0 Å². The Morgan fingerprint density at radius 1 is 0.245 bits per heavy atom. The van der Waals surface area contributed by atoms with Crippen molar-refractivity contribution in [2.45, 2.75) is 0 Å². The summed E-state index contributed by atoms with van der Waals surface area (Å²) in [6.07, 6.45) is 0. The molecule has 0 bridgehead atoms. The van der Waals surface area contributed by atoms with Crippen LogP contribution >= 0.6 is 22.7 Å². The highest BCUT2D eigenvalue weighted by molar-refractivity contribution is 7.26. The largest absolute Gasteiger partial charge is 0.456 e. The molecule has 5 nitrogen and oxygen atoms in total. The van der Waals surface area contributed by atoms with Crippen molar-refractivity contribution in [1.29, 1.82) is 0 Å². The fraction of sp³-hybridized carbons (Fsp3) is 0. The zero-order valence-corrected chi connectivity index (χ0v) is 54.2. The first-order valence-electron chi connectivity index (χ1n) is 33.5. The van der Waals surface area contributed by atoms with Gasteiger partial charge in [-0.1, -0.05) is 194 Å². The number of thiophene rings is 2. The van der Waals surface area contributed by atoms with Crippen LogP contribution in [-0.2, 0) is 0 Å². The molecule has 22 rings (SSSR count). The minimum Gasteiger partial charge on any atom is -0.456 e. The lowest BCUT2D eigenvalue weighted by atomic mass is 9.33. The number of hydrogen-bond donors (Lipinski definition) is 0. The van der Waals surface area contributed by atoms with Crippen molar-refractivity contribution in [3.8, 4) is 50.2 Å². The van der Waals surface area contributed by atoms with Crippen LogP contribution in [0.4, 0.5) is 34.1 Å². The first-order valence-corrected chi connectivity index (χ1v) is 35.1. The molecule has 0 fully saturated rings. The minimum atomic E-state index is -0.307. The second-order valence-electron chi connectivity index (χ2n) is 26.2. The van der Waals surface area contributed by atoms with Gasteiger partial charge in [0.1, 0.15) is 22.3 Å². The van der Waals surface area contributed by atoms with Crippen molar-refractivity contribution in [2.75, 3.05) is 9.80 Å². The van der Waals surface area contributed by atoms with E-state index in [1.807, 2.05) is 22.7 Å². The number of furan rings is 2. The molecule has 0 amide bonds. The SMILES string of the molecule is c1ccc(-c2ccc3oc4cc5c(cc4c3c2)N(c2cccc3sc4ccccc4c23)c2cc(-n3c4ccc(-c6ccccc6)cc4c4cc(-c6ccccc6)ccc43)cc3c2B5c2cc4oc5ccc(-c6ccccc6)cc5c4cc2N3c2cccc3sc4ccccc4c23)cc1. The first kappa shape index (κ1) is 54.1. The molecule has 0 spiro atoms. The number of hydrogen-bond acceptors (Lipinski definition) is 6. The lowest BCUT2D eigenvalue weighted by Crippen LogP contribution is -2.61. The van der Waals surface area contributed by atoms with Gasteiger partial charge in [-0.25, -0.2) is 0 Å². The minimum absolute atomic E-state index is 0.307. The van der Waals surface area contributed by atoms with Gasteiger partial charge in [-0.05, 0) is 182 Å². The fourth-order valence-electron chi connectivity index (χ4n) is 16.6. The van der Waals surface area contributed by atoms with Gasteiger partial charge in [0, 0.05) is 95.4 Å². The van der Waals surface area contributed by atoms with Crippen LogP contribution in [0.2, 0.25) is 0 Å². The molecule has 0 saturated carbocycles. The molecule has 0 N–H and O–H groups in total. The van der Waals surface area contributed by atoms with Gasteiger partial charge in [0.05, 0.1) is 28.1 Å². The van der Waals surface area contributed by atoms with Crippen LogP contribution in [0.3, 0.4) is 0 Å². The predicted molar refractivity (Wildman–Crippen MR) is 417 cm³/mol. The molecule has 0 unspecified atom stereocenters. The van der Waals surface area contributed by atoms with Gasteiger partial charge in [0.2, 0.25) is 0 Å². The summed E-state index contributed by atoms with van der Waals surface area (Å²) in [6.45, 7) is -0.307. The molecule has 20 aromatic rings. The van der Waals surface area contributed by atoms with Crippen molar-refractivity contribution in [2.24, 2.45) is 0 Å². The van der Waals surface area contributed by atoms with Crippen LogP contribution in [-0.4, -0.2) is 11.3 Å². The Hall–Kier alpha value is -12.2. The molecular formula is C90H52BN3O2S2. The van der Waals surface area contributed by atoms with E-state index in [9.17, 15) is 0 Å². The highest BCUT2D eigenvalue weighted by Gasteiger charge is 2.46. The summed E-state index contributed by atoms with van der Waals surface area (Å²) in [6, 6.07) is 117. The maximum Gasteiger partial charge on any atom is 0.252 e. The molecule has 5 aromatic heterocycles. The third-order valence-electron chi connectivity index (χ3n) is 20.9. The second-order valence-corrected chi connectivity index (χ2v) is 28.4. The Balaban J connectivity index is 0.911. The van der Waals surface area contributed by atoms with E-state index in [1.165, 1.54) is 78.8 Å². The molecule has 2 aliphatic rings. The van der Waals surface area contributed by atoms with Gasteiger partial charge in [-0.3, -0.25) is 0 Å². The van der Waals surface area contributed by atoms with E-state index in [4.69, 9.17) is 8.83 Å². The van der Waals surface area contributed by atoms with Crippen molar-refractivity contribution in [3.05, 3.63) is 315 Å². The quantitative estimate of drug-likeness (QED) is 0.149. The fourth-order valence-corrected chi connectivity index (χ4v) is 18.8. The summed E-state index contributed by atoms with van der Waals surface area (Å²) in [5.74, 6) is 0. The summed E-state index contributed by atoms with van der Waals surface area (Å²) in [5.41, 5.74) is 26.1. The molecule has 0 atom stereocenters. The summed E-state index contributed by atoms with van der Waals surface area (Å²) < 4.78 is 21.9. The third-order valence-corrected chi connectivity index (χ3v) is 23.2. The Kier molecular flexibility index (Phi) is 11.4. The van der Waals surface area contributed by atoms with E-state index in [0.717, 1.165) is 128 Å². The van der Waals surface area contributed by atoms with E-state index in [0.29, 0.717) is 0 Å². The van der Waals surface area contributed by atoms with Crippen molar-refractivity contribution in [1.82, 2.24) is 4.57 Å². The van der Waals surface area contributed by atoms with Crippen LogP contribution in [0.5, 0.6) is 0 Å². The number of nitrogens with zero attached hydrogens (tertiary/aromatic N) is 3. The Labute approximate surface area is 570 Å². The molecule has 0 saturated heterocycles. The number of anilines is 6. The number of benzene rings is 15. The lowest BCUT2D eigenvalue weighted by molar-refractivity contribution is 0.669. The van der Waals surface area contributed by atoms with Gasteiger partial charge >= 0.3 is 0 Å². The normalized spacial score (nSPS) is 12.8. The van der Waals surface area contributed by atoms with E-state index in [1.54, 1.807) is 0 Å². The maximum atomic E-state index is 7.19. The van der Waals surface area contributed by atoms with Crippen molar-refractivity contribution < 1.29 is 8.83 Å². The Morgan fingerprint density at radius 2 is 0.612 bits per heavy atom. The number of rotatable bonds is 7. The molecule has 2 aliphatic heterocycles. The maximum absolute atomic E-state index is 7.19.